The average molecular weight is 348 g/mol. The summed E-state index contributed by atoms with van der Waals surface area (Å²) >= 11 is 0. The molecule has 2 aromatic rings. The molecule has 128 valence electrons. The Morgan fingerprint density at radius 2 is 2.00 bits per heavy atom. The maximum Gasteiger partial charge on any atom is 0.246 e. The Bertz CT molecular complexity index is 817. The van der Waals surface area contributed by atoms with Gasteiger partial charge < -0.3 is 0 Å². The first-order chi connectivity index (χ1) is 11.5. The molecule has 0 spiro atoms. The summed E-state index contributed by atoms with van der Waals surface area (Å²) in [5.74, 6) is 0.460. The van der Waals surface area contributed by atoms with Gasteiger partial charge >= 0.3 is 0 Å². The van der Waals surface area contributed by atoms with Crippen LogP contribution < -0.4 is 9.62 Å². The number of anilines is 1. The number of amides is 1. The number of carbonyl (C=O) groups is 1. The third kappa shape index (κ3) is 3.20. The molecule has 3 rings (SSSR count). The van der Waals surface area contributed by atoms with Crippen LogP contribution in [0.1, 0.15) is 19.8 Å². The molecular weight excluding hydrogens is 328 g/mol. The summed E-state index contributed by atoms with van der Waals surface area (Å²) in [6.07, 6.45) is 2.86. The second-order valence-corrected chi connectivity index (χ2v) is 7.34. The molecule has 0 radical (unpaired) electrons. The molecule has 1 aliphatic heterocycles. The molecular formula is C16H20N4O3S. The summed E-state index contributed by atoms with van der Waals surface area (Å²) in [5.41, 5.74) is 0. The van der Waals surface area contributed by atoms with Gasteiger partial charge in [-0.25, -0.2) is 13.1 Å². The van der Waals surface area contributed by atoms with Gasteiger partial charge in [-0.15, -0.1) is 0 Å². The molecule has 2 heterocycles. The van der Waals surface area contributed by atoms with Gasteiger partial charge in [0, 0.05) is 19.2 Å². The van der Waals surface area contributed by atoms with Crippen LogP contribution in [0.4, 0.5) is 5.82 Å². The van der Waals surface area contributed by atoms with Crippen LogP contribution >= 0.6 is 0 Å². The predicted molar refractivity (Wildman–Crippen MR) is 90.0 cm³/mol. The number of hydrogen-bond acceptors (Lipinski definition) is 4. The minimum absolute atomic E-state index is 0.161. The zero-order chi connectivity index (χ0) is 17.2. The first-order valence-electron chi connectivity index (χ1n) is 7.93. The Morgan fingerprint density at radius 1 is 1.25 bits per heavy atom. The number of benzene rings is 1. The quantitative estimate of drug-likeness (QED) is 0.885. The van der Waals surface area contributed by atoms with Crippen molar-refractivity contribution in [2.75, 3.05) is 11.4 Å². The van der Waals surface area contributed by atoms with E-state index in [0.29, 0.717) is 25.3 Å². The van der Waals surface area contributed by atoms with Gasteiger partial charge in [0.25, 0.3) is 0 Å². The van der Waals surface area contributed by atoms with Crippen LogP contribution in [0.2, 0.25) is 0 Å². The van der Waals surface area contributed by atoms with E-state index in [1.165, 1.54) is 12.1 Å². The topological polar surface area (TPSA) is 84.3 Å². The lowest BCUT2D eigenvalue weighted by molar-refractivity contribution is -0.121. The van der Waals surface area contributed by atoms with Crippen LogP contribution in [-0.4, -0.2) is 36.7 Å². The van der Waals surface area contributed by atoms with E-state index < -0.39 is 16.1 Å². The van der Waals surface area contributed by atoms with Crippen molar-refractivity contribution in [2.45, 2.75) is 37.2 Å². The van der Waals surface area contributed by atoms with Crippen molar-refractivity contribution in [3.63, 3.8) is 0 Å². The minimum Gasteiger partial charge on any atom is -0.296 e. The minimum atomic E-state index is -3.72. The summed E-state index contributed by atoms with van der Waals surface area (Å²) in [5, 5.41) is 4.18. The van der Waals surface area contributed by atoms with E-state index in [9.17, 15) is 13.2 Å². The van der Waals surface area contributed by atoms with E-state index in [-0.39, 0.29) is 10.8 Å². The van der Waals surface area contributed by atoms with Crippen LogP contribution in [0.5, 0.6) is 0 Å². The normalized spacial score (nSPS) is 18.8. The van der Waals surface area contributed by atoms with Crippen molar-refractivity contribution in [1.82, 2.24) is 14.5 Å². The number of hydrogen-bond donors (Lipinski definition) is 1. The number of sulfonamides is 1. The van der Waals surface area contributed by atoms with Crippen LogP contribution in [0.25, 0.3) is 0 Å². The van der Waals surface area contributed by atoms with Crippen LogP contribution in [-0.2, 0) is 21.4 Å². The van der Waals surface area contributed by atoms with E-state index in [4.69, 9.17) is 0 Å². The maximum atomic E-state index is 12.8. The molecule has 1 saturated heterocycles. The largest absolute Gasteiger partial charge is 0.296 e. The summed E-state index contributed by atoms with van der Waals surface area (Å²) in [6, 6.07) is 9.10. The third-order valence-electron chi connectivity index (χ3n) is 4.06. The number of nitrogens with zero attached hydrogens (tertiary/aromatic N) is 3. The Morgan fingerprint density at radius 3 is 2.71 bits per heavy atom. The molecule has 0 saturated carbocycles. The van der Waals surface area contributed by atoms with Gasteiger partial charge in [0.15, 0.2) is 0 Å². The van der Waals surface area contributed by atoms with E-state index in [1.54, 1.807) is 40.0 Å². The lowest BCUT2D eigenvalue weighted by atomic mass is 10.1. The van der Waals surface area contributed by atoms with Crippen molar-refractivity contribution < 1.29 is 13.2 Å². The Labute approximate surface area is 141 Å². The summed E-state index contributed by atoms with van der Waals surface area (Å²) < 4.78 is 29.2. The SMILES string of the molecule is CCn1nccc1N1CCC[C@@H](NS(=O)(=O)c2ccccc2)C1=O. The number of aryl methyl sites for hydroxylation is 1. The Hall–Kier alpha value is -2.19. The highest BCUT2D eigenvalue weighted by Crippen LogP contribution is 2.22. The molecule has 1 fully saturated rings. The van der Waals surface area contributed by atoms with Crippen molar-refractivity contribution in [3.8, 4) is 0 Å². The van der Waals surface area contributed by atoms with Crippen molar-refractivity contribution in [3.05, 3.63) is 42.6 Å². The first kappa shape index (κ1) is 16.7. The molecule has 8 heteroatoms. The summed E-state index contributed by atoms with van der Waals surface area (Å²) in [4.78, 5) is 14.5. The van der Waals surface area contributed by atoms with E-state index >= 15 is 0 Å². The van der Waals surface area contributed by atoms with E-state index in [0.717, 1.165) is 6.42 Å². The van der Waals surface area contributed by atoms with Gasteiger partial charge in [-0.3, -0.25) is 9.69 Å². The fourth-order valence-corrected chi connectivity index (χ4v) is 4.11. The molecule has 1 aromatic heterocycles. The van der Waals surface area contributed by atoms with Gasteiger partial charge in [-0.2, -0.15) is 9.82 Å². The fraction of sp³-hybridized carbons (Fsp3) is 0.375. The van der Waals surface area contributed by atoms with Gasteiger partial charge in [0.05, 0.1) is 11.1 Å². The number of nitrogens with one attached hydrogen (secondary N) is 1. The number of aromatic nitrogens is 2. The Balaban J connectivity index is 1.81. The van der Waals surface area contributed by atoms with Gasteiger partial charge in [0.2, 0.25) is 15.9 Å². The monoisotopic (exact) mass is 348 g/mol. The second-order valence-electron chi connectivity index (χ2n) is 5.62. The van der Waals surface area contributed by atoms with Gasteiger partial charge in [-0.05, 0) is 31.9 Å². The maximum absolute atomic E-state index is 12.8. The molecule has 0 unspecified atom stereocenters. The molecule has 0 bridgehead atoms. The molecule has 0 aliphatic carbocycles. The number of piperidine rings is 1. The highest BCUT2D eigenvalue weighted by atomic mass is 32.2. The highest BCUT2D eigenvalue weighted by Gasteiger charge is 2.34. The van der Waals surface area contributed by atoms with Gasteiger partial charge in [-0.1, -0.05) is 18.2 Å². The Kier molecular flexibility index (Phi) is 4.68. The number of carbonyl (C=O) groups excluding carboxylic acids is 1. The average Bonchev–Trinajstić information content (AvgIpc) is 3.06. The third-order valence-corrected chi connectivity index (χ3v) is 5.55. The standard InChI is InChI=1S/C16H20N4O3S/c1-2-20-15(10-11-17-20)19-12-6-9-14(16(19)21)18-24(22,23)13-7-4-3-5-8-13/h3-5,7-8,10-11,14,18H,2,6,9,12H2,1H3/t14-/m1/s1. The molecule has 1 aliphatic rings. The molecule has 7 nitrogen and oxygen atoms in total. The smallest absolute Gasteiger partial charge is 0.246 e. The highest BCUT2D eigenvalue weighted by molar-refractivity contribution is 7.89. The zero-order valence-corrected chi connectivity index (χ0v) is 14.2. The molecule has 1 N–H and O–H groups in total. The molecule has 1 atom stereocenters. The van der Waals surface area contributed by atoms with E-state index in [2.05, 4.69) is 9.82 Å². The van der Waals surface area contributed by atoms with Crippen LogP contribution in [0.15, 0.2) is 47.5 Å². The second kappa shape index (κ2) is 6.74. The van der Waals surface area contributed by atoms with Gasteiger partial charge in [0.1, 0.15) is 11.9 Å². The van der Waals surface area contributed by atoms with Crippen molar-refractivity contribution >= 4 is 21.7 Å². The zero-order valence-electron chi connectivity index (χ0n) is 13.4. The molecule has 24 heavy (non-hydrogen) atoms. The lowest BCUT2D eigenvalue weighted by Crippen LogP contribution is -2.52. The van der Waals surface area contributed by atoms with Crippen LogP contribution in [0, 0.1) is 0 Å². The van der Waals surface area contributed by atoms with Crippen LogP contribution in [0.3, 0.4) is 0 Å². The first-order valence-corrected chi connectivity index (χ1v) is 9.42. The predicted octanol–water partition coefficient (Wildman–Crippen LogP) is 1.38. The molecule has 1 amide bonds. The molecule has 1 aromatic carbocycles. The van der Waals surface area contributed by atoms with Crippen molar-refractivity contribution in [2.24, 2.45) is 0 Å². The summed E-state index contributed by atoms with van der Waals surface area (Å²) in [6.45, 7) is 3.15. The summed E-state index contributed by atoms with van der Waals surface area (Å²) in [7, 11) is -3.72. The lowest BCUT2D eigenvalue weighted by Gasteiger charge is -2.32. The fourth-order valence-electron chi connectivity index (χ4n) is 2.87. The number of rotatable bonds is 5. The van der Waals surface area contributed by atoms with E-state index in [1.807, 2.05) is 6.92 Å². The van der Waals surface area contributed by atoms with Crippen molar-refractivity contribution in [1.29, 1.82) is 0 Å².